The van der Waals surface area contributed by atoms with Crippen LogP contribution in [0, 0.1) is 0 Å². The highest BCUT2D eigenvalue weighted by molar-refractivity contribution is 5.35. The van der Waals surface area contributed by atoms with Gasteiger partial charge in [0.2, 0.25) is 11.9 Å². The van der Waals surface area contributed by atoms with Gasteiger partial charge in [0, 0.05) is 31.9 Å². The van der Waals surface area contributed by atoms with Crippen LogP contribution in [-0.4, -0.2) is 46.2 Å². The first kappa shape index (κ1) is 12.7. The largest absolute Gasteiger partial charge is 0.378 e. The number of rotatable bonds is 3. The van der Waals surface area contributed by atoms with E-state index in [-0.39, 0.29) is 5.95 Å². The van der Waals surface area contributed by atoms with Crippen LogP contribution in [0.25, 0.3) is 0 Å². The first-order valence-corrected chi connectivity index (χ1v) is 6.53. The number of hydrogen-bond acceptors (Lipinski definition) is 7. The van der Waals surface area contributed by atoms with E-state index in [1.807, 2.05) is 12.1 Å². The van der Waals surface area contributed by atoms with Crippen LogP contribution >= 0.6 is 0 Å². The van der Waals surface area contributed by atoms with Crippen LogP contribution in [0.4, 0.5) is 11.9 Å². The molecule has 2 aromatic heterocycles. The number of anilines is 2. The smallest absolute Gasteiger partial charge is 0.230 e. The molecule has 0 aliphatic carbocycles. The van der Waals surface area contributed by atoms with Crippen molar-refractivity contribution in [3.05, 3.63) is 35.9 Å². The highest BCUT2D eigenvalue weighted by atomic mass is 16.5. The fraction of sp³-hybridized carbons (Fsp3) is 0.385. The summed E-state index contributed by atoms with van der Waals surface area (Å²) in [4.78, 5) is 19.0. The topological polar surface area (TPSA) is 90.0 Å². The summed E-state index contributed by atoms with van der Waals surface area (Å²) in [5, 5.41) is 0. The van der Waals surface area contributed by atoms with E-state index < -0.39 is 0 Å². The first-order chi connectivity index (χ1) is 9.81. The summed E-state index contributed by atoms with van der Waals surface area (Å²) in [7, 11) is 0. The SMILES string of the molecule is Nc1nc(Cc2cccnc2)nc(N2CCOCC2)n1. The van der Waals surface area contributed by atoms with Crippen LogP contribution in [0.2, 0.25) is 0 Å². The van der Waals surface area contributed by atoms with Crippen molar-refractivity contribution < 1.29 is 4.74 Å². The van der Waals surface area contributed by atoms with Gasteiger partial charge in [-0.2, -0.15) is 15.0 Å². The zero-order chi connectivity index (χ0) is 13.8. The molecule has 0 atom stereocenters. The fourth-order valence-corrected chi connectivity index (χ4v) is 2.09. The Morgan fingerprint density at radius 1 is 1.20 bits per heavy atom. The number of aromatic nitrogens is 4. The minimum absolute atomic E-state index is 0.250. The van der Waals surface area contributed by atoms with Gasteiger partial charge < -0.3 is 15.4 Å². The number of nitrogens with zero attached hydrogens (tertiary/aromatic N) is 5. The molecule has 1 saturated heterocycles. The van der Waals surface area contributed by atoms with Crippen molar-refractivity contribution in [1.29, 1.82) is 0 Å². The minimum Gasteiger partial charge on any atom is -0.378 e. The third-order valence-corrected chi connectivity index (χ3v) is 3.07. The summed E-state index contributed by atoms with van der Waals surface area (Å²) in [5.74, 6) is 1.53. The Hall–Kier alpha value is -2.28. The van der Waals surface area contributed by atoms with Crippen LogP contribution in [0.3, 0.4) is 0 Å². The number of ether oxygens (including phenoxy) is 1. The molecule has 0 amide bonds. The lowest BCUT2D eigenvalue weighted by Crippen LogP contribution is -2.37. The normalized spacial score (nSPS) is 15.3. The Labute approximate surface area is 116 Å². The van der Waals surface area contributed by atoms with E-state index in [4.69, 9.17) is 10.5 Å². The molecule has 1 aliphatic rings. The summed E-state index contributed by atoms with van der Waals surface area (Å²) in [6.45, 7) is 2.92. The minimum atomic E-state index is 0.250. The fourth-order valence-electron chi connectivity index (χ4n) is 2.09. The highest BCUT2D eigenvalue weighted by Crippen LogP contribution is 2.13. The molecule has 3 heterocycles. The number of nitrogen functional groups attached to an aromatic ring is 1. The van der Waals surface area contributed by atoms with Crippen LogP contribution in [0.1, 0.15) is 11.4 Å². The molecule has 20 heavy (non-hydrogen) atoms. The van der Waals surface area contributed by atoms with Gasteiger partial charge in [0.1, 0.15) is 5.82 Å². The highest BCUT2D eigenvalue weighted by Gasteiger charge is 2.15. The van der Waals surface area contributed by atoms with Gasteiger partial charge in [-0.3, -0.25) is 4.98 Å². The summed E-state index contributed by atoms with van der Waals surface area (Å²) in [5.41, 5.74) is 6.83. The van der Waals surface area contributed by atoms with Crippen LogP contribution in [-0.2, 0) is 11.2 Å². The van der Waals surface area contributed by atoms with Crippen molar-refractivity contribution in [2.75, 3.05) is 36.9 Å². The molecular weight excluding hydrogens is 256 g/mol. The Balaban J connectivity index is 1.82. The van der Waals surface area contributed by atoms with Crippen LogP contribution < -0.4 is 10.6 Å². The lowest BCUT2D eigenvalue weighted by molar-refractivity contribution is 0.122. The van der Waals surface area contributed by atoms with Crippen molar-refractivity contribution in [2.24, 2.45) is 0 Å². The van der Waals surface area contributed by atoms with E-state index in [1.165, 1.54) is 0 Å². The Morgan fingerprint density at radius 3 is 2.80 bits per heavy atom. The number of nitrogens with two attached hydrogens (primary N) is 1. The molecule has 7 nitrogen and oxygen atoms in total. The van der Waals surface area contributed by atoms with Gasteiger partial charge in [-0.05, 0) is 11.6 Å². The van der Waals surface area contributed by atoms with Gasteiger partial charge in [-0.1, -0.05) is 6.07 Å². The van der Waals surface area contributed by atoms with Crippen molar-refractivity contribution in [1.82, 2.24) is 19.9 Å². The number of hydrogen-bond donors (Lipinski definition) is 1. The van der Waals surface area contributed by atoms with E-state index in [0.717, 1.165) is 18.7 Å². The predicted molar refractivity (Wildman–Crippen MR) is 74.3 cm³/mol. The van der Waals surface area contributed by atoms with Crippen molar-refractivity contribution in [3.8, 4) is 0 Å². The third-order valence-electron chi connectivity index (χ3n) is 3.07. The Bertz CT molecular complexity index is 570. The zero-order valence-corrected chi connectivity index (χ0v) is 11.1. The Morgan fingerprint density at radius 2 is 2.05 bits per heavy atom. The molecule has 0 aromatic carbocycles. The van der Waals surface area contributed by atoms with Crippen molar-refractivity contribution >= 4 is 11.9 Å². The van der Waals surface area contributed by atoms with E-state index in [0.29, 0.717) is 31.4 Å². The average molecular weight is 272 g/mol. The summed E-state index contributed by atoms with van der Waals surface area (Å²) < 4.78 is 5.32. The molecule has 3 rings (SSSR count). The molecule has 2 N–H and O–H groups in total. The lowest BCUT2D eigenvalue weighted by atomic mass is 10.2. The van der Waals surface area contributed by atoms with Crippen molar-refractivity contribution in [2.45, 2.75) is 6.42 Å². The molecule has 0 bridgehead atoms. The van der Waals surface area contributed by atoms with Gasteiger partial charge in [-0.15, -0.1) is 0 Å². The standard InChI is InChI=1S/C13H16N6O/c14-12-16-11(8-10-2-1-3-15-9-10)17-13(18-12)19-4-6-20-7-5-19/h1-3,9H,4-8H2,(H2,14,16,17,18). The molecule has 0 radical (unpaired) electrons. The molecular formula is C13H16N6O. The zero-order valence-electron chi connectivity index (χ0n) is 11.1. The second kappa shape index (κ2) is 5.79. The van der Waals surface area contributed by atoms with Gasteiger partial charge >= 0.3 is 0 Å². The summed E-state index contributed by atoms with van der Waals surface area (Å²) in [6.07, 6.45) is 4.14. The van der Waals surface area contributed by atoms with Gasteiger partial charge in [-0.25, -0.2) is 0 Å². The second-order valence-corrected chi connectivity index (χ2v) is 4.55. The molecule has 0 unspecified atom stereocenters. The van der Waals surface area contributed by atoms with E-state index in [9.17, 15) is 0 Å². The maximum Gasteiger partial charge on any atom is 0.230 e. The van der Waals surface area contributed by atoms with Crippen molar-refractivity contribution in [3.63, 3.8) is 0 Å². The average Bonchev–Trinajstić information content (AvgIpc) is 2.49. The van der Waals surface area contributed by atoms with Gasteiger partial charge in [0.15, 0.2) is 0 Å². The first-order valence-electron chi connectivity index (χ1n) is 6.53. The van der Waals surface area contributed by atoms with Gasteiger partial charge in [0.25, 0.3) is 0 Å². The predicted octanol–water partition coefficient (Wildman–Crippen LogP) is 0.276. The molecule has 7 heteroatoms. The molecule has 104 valence electrons. The second-order valence-electron chi connectivity index (χ2n) is 4.55. The van der Waals surface area contributed by atoms with E-state index in [2.05, 4.69) is 24.8 Å². The Kier molecular flexibility index (Phi) is 3.69. The number of pyridine rings is 1. The van der Waals surface area contributed by atoms with Crippen LogP contribution in [0.5, 0.6) is 0 Å². The molecule has 1 aliphatic heterocycles. The number of morpholine rings is 1. The maximum absolute atomic E-state index is 5.78. The van der Waals surface area contributed by atoms with Crippen LogP contribution in [0.15, 0.2) is 24.5 Å². The van der Waals surface area contributed by atoms with E-state index >= 15 is 0 Å². The monoisotopic (exact) mass is 272 g/mol. The van der Waals surface area contributed by atoms with Gasteiger partial charge in [0.05, 0.1) is 13.2 Å². The maximum atomic E-state index is 5.78. The van der Waals surface area contributed by atoms with E-state index in [1.54, 1.807) is 12.4 Å². The molecule has 0 saturated carbocycles. The quantitative estimate of drug-likeness (QED) is 0.858. The third kappa shape index (κ3) is 3.00. The molecule has 0 spiro atoms. The molecule has 2 aromatic rings. The summed E-state index contributed by atoms with van der Waals surface area (Å²) >= 11 is 0. The lowest BCUT2D eigenvalue weighted by Gasteiger charge is -2.26. The molecule has 1 fully saturated rings. The summed E-state index contributed by atoms with van der Waals surface area (Å²) in [6, 6.07) is 3.88.